The van der Waals surface area contributed by atoms with Crippen molar-refractivity contribution in [3.8, 4) is 0 Å². The maximum absolute atomic E-state index is 11.7. The summed E-state index contributed by atoms with van der Waals surface area (Å²) in [5.74, 6) is -0.336. The number of hydrogen-bond acceptors (Lipinski definition) is 3. The molecular weight excluding hydrogens is 230 g/mol. The maximum Gasteiger partial charge on any atom is 0.270 e. The second-order valence-corrected chi connectivity index (χ2v) is 3.79. The smallest absolute Gasteiger partial charge is 0.270 e. The van der Waals surface area contributed by atoms with Crippen molar-refractivity contribution in [1.29, 1.82) is 0 Å². The third-order valence-electron chi connectivity index (χ3n) is 2.45. The van der Waals surface area contributed by atoms with Gasteiger partial charge < -0.3 is 10.3 Å². The summed E-state index contributed by atoms with van der Waals surface area (Å²) in [6.07, 6.45) is 1.96. The maximum atomic E-state index is 11.7. The van der Waals surface area contributed by atoms with E-state index in [9.17, 15) is 9.59 Å². The van der Waals surface area contributed by atoms with Crippen LogP contribution >= 0.6 is 0 Å². The van der Waals surface area contributed by atoms with Crippen molar-refractivity contribution in [2.24, 2.45) is 0 Å². The van der Waals surface area contributed by atoms with Crippen LogP contribution in [0.3, 0.4) is 0 Å². The lowest BCUT2D eigenvalue weighted by Crippen LogP contribution is -2.27. The fraction of sp³-hybridized carbons (Fsp3) is 0.154. The van der Waals surface area contributed by atoms with E-state index >= 15 is 0 Å². The van der Waals surface area contributed by atoms with Crippen molar-refractivity contribution in [3.05, 3.63) is 64.3 Å². The Hall–Kier alpha value is -2.43. The zero-order chi connectivity index (χ0) is 12.8. The predicted molar refractivity (Wildman–Crippen MR) is 67.3 cm³/mol. The van der Waals surface area contributed by atoms with Crippen molar-refractivity contribution in [1.82, 2.24) is 15.3 Å². The van der Waals surface area contributed by atoms with Crippen molar-refractivity contribution in [3.63, 3.8) is 0 Å². The molecule has 0 fully saturated rings. The van der Waals surface area contributed by atoms with E-state index in [0.717, 1.165) is 12.0 Å². The van der Waals surface area contributed by atoms with Crippen LogP contribution in [-0.2, 0) is 6.42 Å². The van der Waals surface area contributed by atoms with Gasteiger partial charge in [-0.15, -0.1) is 0 Å². The van der Waals surface area contributed by atoms with Crippen LogP contribution in [0.5, 0.6) is 0 Å². The Morgan fingerprint density at radius 3 is 2.78 bits per heavy atom. The number of rotatable bonds is 4. The molecule has 2 aromatic rings. The van der Waals surface area contributed by atoms with Crippen molar-refractivity contribution in [2.45, 2.75) is 6.42 Å². The Labute approximate surface area is 104 Å². The number of aromatic nitrogens is 2. The van der Waals surface area contributed by atoms with E-state index < -0.39 is 0 Å². The summed E-state index contributed by atoms with van der Waals surface area (Å²) in [4.78, 5) is 28.8. The first-order chi connectivity index (χ1) is 8.75. The van der Waals surface area contributed by atoms with E-state index in [4.69, 9.17) is 0 Å². The monoisotopic (exact) mass is 243 g/mol. The van der Waals surface area contributed by atoms with Crippen molar-refractivity contribution in [2.75, 3.05) is 6.54 Å². The van der Waals surface area contributed by atoms with Crippen LogP contribution in [0.2, 0.25) is 0 Å². The second-order valence-electron chi connectivity index (χ2n) is 3.79. The summed E-state index contributed by atoms with van der Waals surface area (Å²) >= 11 is 0. The molecule has 1 aromatic carbocycles. The topological polar surface area (TPSA) is 74.8 Å². The summed E-state index contributed by atoms with van der Waals surface area (Å²) < 4.78 is 0. The standard InChI is InChI=1S/C13H13N3O2/c17-12-8-11(15-9-16-12)13(18)14-7-6-10-4-2-1-3-5-10/h1-5,8-9H,6-7H2,(H,14,18)(H,15,16,17). The minimum atomic E-state index is -0.336. The Morgan fingerprint density at radius 1 is 1.28 bits per heavy atom. The Balaban J connectivity index is 1.87. The van der Waals surface area contributed by atoms with Crippen molar-refractivity contribution >= 4 is 5.91 Å². The van der Waals surface area contributed by atoms with Crippen LogP contribution in [0.1, 0.15) is 16.1 Å². The molecule has 0 radical (unpaired) electrons. The molecule has 92 valence electrons. The van der Waals surface area contributed by atoms with Gasteiger partial charge in [-0.05, 0) is 12.0 Å². The number of carbonyl (C=O) groups excluding carboxylic acids is 1. The van der Waals surface area contributed by atoms with Gasteiger partial charge in [-0.25, -0.2) is 4.98 Å². The molecule has 0 aliphatic carbocycles. The average Bonchev–Trinajstić information content (AvgIpc) is 2.40. The largest absolute Gasteiger partial charge is 0.350 e. The van der Waals surface area contributed by atoms with Crippen LogP contribution in [0.25, 0.3) is 0 Å². The minimum Gasteiger partial charge on any atom is -0.350 e. The summed E-state index contributed by atoms with van der Waals surface area (Å²) in [7, 11) is 0. The van der Waals surface area contributed by atoms with Crippen LogP contribution < -0.4 is 10.9 Å². The first kappa shape index (κ1) is 12.0. The van der Waals surface area contributed by atoms with Gasteiger partial charge in [0, 0.05) is 12.6 Å². The fourth-order valence-electron chi connectivity index (χ4n) is 1.55. The van der Waals surface area contributed by atoms with Crippen LogP contribution in [0.15, 0.2) is 47.5 Å². The molecule has 2 rings (SSSR count). The Kier molecular flexibility index (Phi) is 3.86. The van der Waals surface area contributed by atoms with Gasteiger partial charge in [0.05, 0.1) is 6.33 Å². The van der Waals surface area contributed by atoms with Gasteiger partial charge in [-0.2, -0.15) is 0 Å². The van der Waals surface area contributed by atoms with Gasteiger partial charge in [-0.1, -0.05) is 30.3 Å². The van der Waals surface area contributed by atoms with Gasteiger partial charge in [0.15, 0.2) is 0 Å². The minimum absolute atomic E-state index is 0.131. The molecule has 5 heteroatoms. The molecule has 0 atom stereocenters. The van der Waals surface area contributed by atoms with Gasteiger partial charge >= 0.3 is 0 Å². The number of H-pyrrole nitrogens is 1. The number of carbonyl (C=O) groups is 1. The first-order valence-electron chi connectivity index (χ1n) is 5.62. The zero-order valence-electron chi connectivity index (χ0n) is 9.72. The quantitative estimate of drug-likeness (QED) is 0.831. The normalized spacial score (nSPS) is 10.0. The number of hydrogen-bond donors (Lipinski definition) is 2. The molecule has 0 aliphatic rings. The molecule has 18 heavy (non-hydrogen) atoms. The summed E-state index contributed by atoms with van der Waals surface area (Å²) in [5.41, 5.74) is 0.946. The van der Waals surface area contributed by atoms with Gasteiger partial charge in [-0.3, -0.25) is 9.59 Å². The molecule has 2 N–H and O–H groups in total. The van der Waals surface area contributed by atoms with E-state index in [1.165, 1.54) is 12.4 Å². The molecule has 0 spiro atoms. The van der Waals surface area contributed by atoms with E-state index in [-0.39, 0.29) is 17.2 Å². The van der Waals surface area contributed by atoms with Crippen molar-refractivity contribution < 1.29 is 4.79 Å². The second kappa shape index (κ2) is 5.77. The lowest BCUT2D eigenvalue weighted by atomic mass is 10.1. The van der Waals surface area contributed by atoms with E-state index in [2.05, 4.69) is 15.3 Å². The number of benzene rings is 1. The summed E-state index contributed by atoms with van der Waals surface area (Å²) in [5, 5.41) is 2.72. The lowest BCUT2D eigenvalue weighted by molar-refractivity contribution is 0.0949. The summed E-state index contributed by atoms with van der Waals surface area (Å²) in [6.45, 7) is 0.511. The van der Waals surface area contributed by atoms with Gasteiger partial charge in [0.2, 0.25) is 0 Å². The SMILES string of the molecule is O=C(NCCc1ccccc1)c1cc(=O)[nH]cn1. The average molecular weight is 243 g/mol. The molecule has 1 amide bonds. The first-order valence-corrected chi connectivity index (χ1v) is 5.62. The van der Waals surface area contributed by atoms with Gasteiger partial charge in [0.1, 0.15) is 5.69 Å². The zero-order valence-corrected chi connectivity index (χ0v) is 9.72. The third kappa shape index (κ3) is 3.28. The molecule has 0 bridgehead atoms. The van der Waals surface area contributed by atoms with Crippen LogP contribution in [0, 0.1) is 0 Å². The fourth-order valence-corrected chi connectivity index (χ4v) is 1.55. The highest BCUT2D eigenvalue weighted by Gasteiger charge is 2.06. The van der Waals surface area contributed by atoms with E-state index in [1.807, 2.05) is 30.3 Å². The highest BCUT2D eigenvalue weighted by molar-refractivity contribution is 5.91. The van der Waals surface area contributed by atoms with Crippen LogP contribution in [0.4, 0.5) is 0 Å². The Bertz CT molecular complexity index is 578. The lowest BCUT2D eigenvalue weighted by Gasteiger charge is -2.04. The molecule has 0 aliphatic heterocycles. The number of aromatic amines is 1. The van der Waals surface area contributed by atoms with Crippen LogP contribution in [-0.4, -0.2) is 22.4 Å². The molecule has 0 saturated carbocycles. The van der Waals surface area contributed by atoms with E-state index in [1.54, 1.807) is 0 Å². The number of amides is 1. The molecule has 5 nitrogen and oxygen atoms in total. The highest BCUT2D eigenvalue weighted by Crippen LogP contribution is 1.98. The summed E-state index contributed by atoms with van der Waals surface area (Å²) in [6, 6.07) is 11.0. The molecule has 0 saturated heterocycles. The molecule has 1 aromatic heterocycles. The molecule has 1 heterocycles. The Morgan fingerprint density at radius 2 is 2.06 bits per heavy atom. The predicted octanol–water partition coefficient (Wildman–Crippen LogP) is 0.742. The van der Waals surface area contributed by atoms with Gasteiger partial charge in [0.25, 0.3) is 11.5 Å². The number of nitrogens with one attached hydrogen (secondary N) is 2. The molecule has 0 unspecified atom stereocenters. The van der Waals surface area contributed by atoms with E-state index in [0.29, 0.717) is 6.54 Å². The highest BCUT2D eigenvalue weighted by atomic mass is 16.2. The number of nitrogens with zero attached hydrogens (tertiary/aromatic N) is 1. The molecular formula is C13H13N3O2. The third-order valence-corrected chi connectivity index (χ3v) is 2.45.